The van der Waals surface area contributed by atoms with Crippen LogP contribution < -0.4 is 9.47 Å². The summed E-state index contributed by atoms with van der Waals surface area (Å²) in [5.74, 6) is 1.15. The van der Waals surface area contributed by atoms with Crippen molar-refractivity contribution in [2.24, 2.45) is 5.92 Å². The number of benzene rings is 1. The molecule has 1 aliphatic rings. The quantitative estimate of drug-likeness (QED) is 0.584. The maximum absolute atomic E-state index is 12.0. The van der Waals surface area contributed by atoms with Crippen molar-refractivity contribution in [3.63, 3.8) is 0 Å². The fourth-order valence-electron chi connectivity index (χ4n) is 2.65. The molecule has 1 amide bonds. The van der Waals surface area contributed by atoms with Crippen molar-refractivity contribution >= 4 is 18.0 Å². The Morgan fingerprint density at radius 1 is 1.16 bits per heavy atom. The number of ether oxygens (including phenoxy) is 3. The minimum atomic E-state index is -0.548. The molecule has 1 fully saturated rings. The molecule has 1 aromatic carbocycles. The fraction of sp³-hybridized carbons (Fsp3) is 0.474. The van der Waals surface area contributed by atoms with Gasteiger partial charge in [0.2, 0.25) is 0 Å². The van der Waals surface area contributed by atoms with Gasteiger partial charge in [0, 0.05) is 19.2 Å². The molecule has 1 aliphatic heterocycles. The third-order valence-corrected chi connectivity index (χ3v) is 4.29. The number of likely N-dealkylation sites (tertiary alicyclic amines) is 1. The van der Waals surface area contributed by atoms with Crippen LogP contribution in [0.15, 0.2) is 24.3 Å². The summed E-state index contributed by atoms with van der Waals surface area (Å²) in [6.07, 6.45) is 4.90. The summed E-state index contributed by atoms with van der Waals surface area (Å²) in [6.45, 7) is 3.43. The van der Waals surface area contributed by atoms with Crippen molar-refractivity contribution in [1.29, 1.82) is 0 Å². The van der Waals surface area contributed by atoms with E-state index in [0.29, 0.717) is 17.4 Å². The molecular weight excluding hydrogens is 322 g/mol. The van der Waals surface area contributed by atoms with E-state index >= 15 is 0 Å². The van der Waals surface area contributed by atoms with Crippen LogP contribution in [0.3, 0.4) is 0 Å². The van der Waals surface area contributed by atoms with Crippen molar-refractivity contribution in [3.8, 4) is 11.5 Å². The van der Waals surface area contributed by atoms with Gasteiger partial charge in [0.25, 0.3) is 5.91 Å². The van der Waals surface area contributed by atoms with E-state index in [4.69, 9.17) is 14.2 Å². The lowest BCUT2D eigenvalue weighted by Gasteiger charge is -2.30. The molecule has 6 nitrogen and oxygen atoms in total. The standard InChI is InChI=1S/C19H25NO5/c1-14-8-10-20(11-9-14)18(21)13-25-19(22)7-5-15-4-6-16(23-2)17(12-15)24-3/h4-7,12,14H,8-11,13H2,1-3H3/b7-5+. The van der Waals surface area contributed by atoms with Crippen LogP contribution in [-0.4, -0.2) is 50.7 Å². The van der Waals surface area contributed by atoms with E-state index in [-0.39, 0.29) is 12.5 Å². The van der Waals surface area contributed by atoms with Crippen LogP contribution in [0.5, 0.6) is 11.5 Å². The lowest BCUT2D eigenvalue weighted by molar-refractivity contribution is -0.148. The van der Waals surface area contributed by atoms with Crippen LogP contribution >= 0.6 is 0 Å². The second-order valence-electron chi connectivity index (χ2n) is 6.12. The highest BCUT2D eigenvalue weighted by Crippen LogP contribution is 2.27. The molecule has 136 valence electrons. The predicted octanol–water partition coefficient (Wildman–Crippen LogP) is 2.52. The van der Waals surface area contributed by atoms with Crippen LogP contribution in [0.25, 0.3) is 6.08 Å². The molecule has 2 rings (SSSR count). The number of hydrogen-bond donors (Lipinski definition) is 0. The molecule has 1 aromatic rings. The third kappa shape index (κ3) is 5.52. The predicted molar refractivity (Wildman–Crippen MR) is 94.5 cm³/mol. The van der Waals surface area contributed by atoms with Gasteiger partial charge in [-0.3, -0.25) is 4.79 Å². The first kappa shape index (κ1) is 18.8. The lowest BCUT2D eigenvalue weighted by atomic mass is 9.99. The summed E-state index contributed by atoms with van der Waals surface area (Å²) in [5, 5.41) is 0. The SMILES string of the molecule is COc1ccc(/C=C/C(=O)OCC(=O)N2CCC(C)CC2)cc1OC. The highest BCUT2D eigenvalue weighted by Gasteiger charge is 2.20. The monoisotopic (exact) mass is 347 g/mol. The van der Waals surface area contributed by atoms with Gasteiger partial charge < -0.3 is 19.1 Å². The smallest absolute Gasteiger partial charge is 0.331 e. The highest BCUT2D eigenvalue weighted by molar-refractivity contribution is 5.89. The second kappa shape index (κ2) is 9.11. The average molecular weight is 347 g/mol. The van der Waals surface area contributed by atoms with Crippen molar-refractivity contribution < 1.29 is 23.8 Å². The number of nitrogens with zero attached hydrogens (tertiary/aromatic N) is 1. The zero-order chi connectivity index (χ0) is 18.2. The minimum absolute atomic E-state index is 0.139. The van der Waals surface area contributed by atoms with Gasteiger partial charge in [0.1, 0.15) is 0 Å². The summed E-state index contributed by atoms with van der Waals surface area (Å²) in [4.78, 5) is 25.6. The normalized spacial score (nSPS) is 15.2. The molecule has 0 unspecified atom stereocenters. The van der Waals surface area contributed by atoms with E-state index < -0.39 is 5.97 Å². The number of hydrogen-bond acceptors (Lipinski definition) is 5. The molecule has 0 aliphatic carbocycles. The molecule has 6 heteroatoms. The molecule has 0 radical (unpaired) electrons. The third-order valence-electron chi connectivity index (χ3n) is 4.29. The first-order chi connectivity index (χ1) is 12.0. The van der Waals surface area contributed by atoms with Gasteiger partial charge in [0.05, 0.1) is 14.2 Å². The number of amides is 1. The highest BCUT2D eigenvalue weighted by atomic mass is 16.5. The van der Waals surface area contributed by atoms with Crippen LogP contribution in [-0.2, 0) is 14.3 Å². The van der Waals surface area contributed by atoms with Crippen molar-refractivity contribution in [2.45, 2.75) is 19.8 Å². The van der Waals surface area contributed by atoms with Crippen molar-refractivity contribution in [3.05, 3.63) is 29.8 Å². The Labute approximate surface area is 148 Å². The van der Waals surface area contributed by atoms with Gasteiger partial charge >= 0.3 is 5.97 Å². The largest absolute Gasteiger partial charge is 0.493 e. The molecule has 0 atom stereocenters. The van der Waals surface area contributed by atoms with Gasteiger partial charge in [0.15, 0.2) is 18.1 Å². The number of methoxy groups -OCH3 is 2. The number of carbonyl (C=O) groups is 2. The lowest BCUT2D eigenvalue weighted by Crippen LogP contribution is -2.40. The van der Waals surface area contributed by atoms with Gasteiger partial charge in [-0.2, -0.15) is 0 Å². The molecular formula is C19H25NO5. The van der Waals surface area contributed by atoms with Crippen LogP contribution in [0.2, 0.25) is 0 Å². The Morgan fingerprint density at radius 3 is 2.48 bits per heavy atom. The van der Waals surface area contributed by atoms with Crippen LogP contribution in [0.1, 0.15) is 25.3 Å². The Hall–Kier alpha value is -2.50. The Bertz CT molecular complexity index is 633. The van der Waals surface area contributed by atoms with Gasteiger partial charge in [-0.25, -0.2) is 4.79 Å². The van der Waals surface area contributed by atoms with E-state index in [1.54, 1.807) is 43.4 Å². The molecule has 0 bridgehead atoms. The average Bonchev–Trinajstić information content (AvgIpc) is 2.64. The molecule has 0 aromatic heterocycles. The van der Waals surface area contributed by atoms with Crippen LogP contribution in [0, 0.1) is 5.92 Å². The Balaban J connectivity index is 1.83. The van der Waals surface area contributed by atoms with E-state index in [0.717, 1.165) is 31.5 Å². The summed E-state index contributed by atoms with van der Waals surface area (Å²) in [7, 11) is 3.11. The number of esters is 1. The maximum atomic E-state index is 12.0. The molecule has 1 heterocycles. The number of rotatable bonds is 6. The first-order valence-electron chi connectivity index (χ1n) is 8.38. The van der Waals surface area contributed by atoms with Gasteiger partial charge in [-0.1, -0.05) is 13.0 Å². The van der Waals surface area contributed by atoms with Crippen molar-refractivity contribution in [2.75, 3.05) is 33.9 Å². The zero-order valence-corrected chi connectivity index (χ0v) is 15.0. The number of carbonyl (C=O) groups excluding carboxylic acids is 2. The fourth-order valence-corrected chi connectivity index (χ4v) is 2.65. The summed E-state index contributed by atoms with van der Waals surface area (Å²) in [5.41, 5.74) is 0.769. The number of piperidine rings is 1. The zero-order valence-electron chi connectivity index (χ0n) is 15.0. The van der Waals surface area contributed by atoms with Crippen LogP contribution in [0.4, 0.5) is 0 Å². The minimum Gasteiger partial charge on any atom is -0.493 e. The van der Waals surface area contributed by atoms with E-state index in [1.807, 2.05) is 0 Å². The molecule has 1 saturated heterocycles. The molecule has 0 saturated carbocycles. The molecule has 0 N–H and O–H groups in total. The topological polar surface area (TPSA) is 65.1 Å². The molecule has 25 heavy (non-hydrogen) atoms. The summed E-state index contributed by atoms with van der Waals surface area (Å²) < 4.78 is 15.4. The van der Waals surface area contributed by atoms with Gasteiger partial charge in [-0.05, 0) is 42.5 Å². The maximum Gasteiger partial charge on any atom is 0.331 e. The van der Waals surface area contributed by atoms with E-state index in [1.165, 1.54) is 6.08 Å². The summed E-state index contributed by atoms with van der Waals surface area (Å²) in [6, 6.07) is 5.30. The Morgan fingerprint density at radius 2 is 1.84 bits per heavy atom. The summed E-state index contributed by atoms with van der Waals surface area (Å²) >= 11 is 0. The second-order valence-corrected chi connectivity index (χ2v) is 6.12. The van der Waals surface area contributed by atoms with Crippen molar-refractivity contribution in [1.82, 2.24) is 4.90 Å². The first-order valence-corrected chi connectivity index (χ1v) is 8.38. The van der Waals surface area contributed by atoms with E-state index in [9.17, 15) is 9.59 Å². The van der Waals surface area contributed by atoms with Gasteiger partial charge in [-0.15, -0.1) is 0 Å². The Kier molecular flexibility index (Phi) is 6.86. The molecule has 0 spiro atoms. The van der Waals surface area contributed by atoms with E-state index in [2.05, 4.69) is 6.92 Å².